The second kappa shape index (κ2) is 10.2. The van der Waals surface area contributed by atoms with Crippen molar-refractivity contribution in [3.05, 3.63) is 47.3 Å². The third-order valence-electron chi connectivity index (χ3n) is 4.07. The Bertz CT molecular complexity index is 462. The van der Waals surface area contributed by atoms with Crippen molar-refractivity contribution < 1.29 is 4.39 Å². The molecule has 1 aliphatic heterocycles. The topological polar surface area (TPSA) is 15.3 Å². The van der Waals surface area contributed by atoms with E-state index in [1.807, 2.05) is 18.2 Å². The molecule has 0 aromatic heterocycles. The fourth-order valence-electron chi connectivity index (χ4n) is 2.93. The average molecular weight is 347 g/mol. The van der Waals surface area contributed by atoms with Crippen LogP contribution in [-0.2, 0) is 0 Å². The van der Waals surface area contributed by atoms with Crippen molar-refractivity contribution in [2.24, 2.45) is 0 Å². The highest BCUT2D eigenvalue weighted by molar-refractivity contribution is 6.30. The molecule has 0 bridgehead atoms. The van der Waals surface area contributed by atoms with E-state index in [1.54, 1.807) is 6.07 Å². The first-order chi connectivity index (χ1) is 10.2. The van der Waals surface area contributed by atoms with Gasteiger partial charge in [-0.05, 0) is 25.3 Å². The zero-order chi connectivity index (χ0) is 15.1. The smallest absolute Gasteiger partial charge is 0.146 e. The van der Waals surface area contributed by atoms with Crippen molar-refractivity contribution in [3.8, 4) is 0 Å². The minimum Gasteiger partial charge on any atom is -0.314 e. The van der Waals surface area contributed by atoms with Crippen LogP contribution in [-0.4, -0.2) is 31.1 Å². The summed E-state index contributed by atoms with van der Waals surface area (Å²) in [5.74, 6) is -0.258. The molecule has 1 aliphatic rings. The lowest BCUT2D eigenvalue weighted by Crippen LogP contribution is -2.45. The molecule has 2 nitrogen and oxygen atoms in total. The van der Waals surface area contributed by atoms with Crippen molar-refractivity contribution in [2.45, 2.75) is 31.7 Å². The monoisotopic (exact) mass is 346 g/mol. The molecule has 124 valence electrons. The third kappa shape index (κ3) is 5.24. The number of halogens is 3. The van der Waals surface area contributed by atoms with Gasteiger partial charge >= 0.3 is 0 Å². The lowest BCUT2D eigenvalue weighted by molar-refractivity contribution is 0.160. The summed E-state index contributed by atoms with van der Waals surface area (Å²) in [5, 5.41) is 3.57. The lowest BCUT2D eigenvalue weighted by Gasteiger charge is -2.35. The highest BCUT2D eigenvalue weighted by Gasteiger charge is 2.24. The van der Waals surface area contributed by atoms with E-state index in [2.05, 4.69) is 16.8 Å². The minimum absolute atomic E-state index is 0. The summed E-state index contributed by atoms with van der Waals surface area (Å²) < 4.78 is 14.4. The molecule has 1 N–H and O–H groups in total. The summed E-state index contributed by atoms with van der Waals surface area (Å²) in [6.45, 7) is 7.60. The van der Waals surface area contributed by atoms with E-state index >= 15 is 0 Å². The van der Waals surface area contributed by atoms with Crippen molar-refractivity contribution in [2.75, 3.05) is 26.2 Å². The van der Waals surface area contributed by atoms with Gasteiger partial charge in [-0.3, -0.25) is 4.90 Å². The van der Waals surface area contributed by atoms with Gasteiger partial charge in [0.15, 0.2) is 0 Å². The molecule has 1 heterocycles. The summed E-state index contributed by atoms with van der Waals surface area (Å²) >= 11 is 5.96. The van der Waals surface area contributed by atoms with Crippen LogP contribution < -0.4 is 5.32 Å². The highest BCUT2D eigenvalue weighted by Crippen LogP contribution is 2.31. The molecule has 2 rings (SSSR count). The summed E-state index contributed by atoms with van der Waals surface area (Å²) in [5.41, 5.74) is 0.739. The van der Waals surface area contributed by atoms with E-state index in [0.717, 1.165) is 57.4 Å². The van der Waals surface area contributed by atoms with E-state index in [0.29, 0.717) is 0 Å². The van der Waals surface area contributed by atoms with Gasteiger partial charge in [0.2, 0.25) is 0 Å². The molecule has 0 unspecified atom stereocenters. The maximum absolute atomic E-state index is 14.4. The fraction of sp³-hybridized carbons (Fsp3) is 0.529. The Morgan fingerprint density at radius 3 is 2.73 bits per heavy atom. The number of nitrogens with one attached hydrogen (secondary N) is 1. The molecule has 0 aliphatic carbocycles. The first kappa shape index (κ1) is 19.4. The maximum Gasteiger partial charge on any atom is 0.146 e. The second-order valence-electron chi connectivity index (χ2n) is 5.52. The van der Waals surface area contributed by atoms with E-state index in [1.165, 1.54) is 0 Å². The Hall–Kier alpha value is -0.610. The molecule has 1 saturated heterocycles. The van der Waals surface area contributed by atoms with Gasteiger partial charge in [0, 0.05) is 37.8 Å². The van der Waals surface area contributed by atoms with E-state index in [4.69, 9.17) is 11.6 Å². The molecule has 22 heavy (non-hydrogen) atoms. The van der Waals surface area contributed by atoms with Crippen LogP contribution >= 0.6 is 24.0 Å². The normalized spacial score (nSPS) is 16.8. The van der Waals surface area contributed by atoms with E-state index < -0.39 is 0 Å². The van der Waals surface area contributed by atoms with Gasteiger partial charge in [0.25, 0.3) is 0 Å². The quantitative estimate of drug-likeness (QED) is 0.573. The number of hydrogen-bond acceptors (Lipinski definition) is 2. The maximum atomic E-state index is 14.4. The summed E-state index contributed by atoms with van der Waals surface area (Å²) in [6.07, 6.45) is 6.11. The number of rotatable bonds is 7. The van der Waals surface area contributed by atoms with Crippen molar-refractivity contribution >= 4 is 24.0 Å². The number of benzene rings is 1. The second-order valence-corrected chi connectivity index (χ2v) is 5.93. The molecule has 1 atom stereocenters. The molecule has 0 saturated carbocycles. The van der Waals surface area contributed by atoms with Crippen LogP contribution in [0.3, 0.4) is 0 Å². The number of hydrogen-bond donors (Lipinski definition) is 1. The minimum atomic E-state index is -0.258. The Morgan fingerprint density at radius 1 is 1.32 bits per heavy atom. The Labute approximate surface area is 144 Å². The van der Waals surface area contributed by atoms with Gasteiger partial charge in [0.1, 0.15) is 5.82 Å². The summed E-state index contributed by atoms with van der Waals surface area (Å²) in [7, 11) is 0. The van der Waals surface area contributed by atoms with Crippen molar-refractivity contribution in [1.29, 1.82) is 0 Å². The van der Waals surface area contributed by atoms with Gasteiger partial charge in [-0.15, -0.1) is 19.0 Å². The SMILES string of the molecule is C=CCCCC[C@H](c1cccc(Cl)c1F)N1CCNCC1.Cl. The van der Waals surface area contributed by atoms with E-state index in [-0.39, 0.29) is 29.3 Å². The lowest BCUT2D eigenvalue weighted by atomic mass is 9.97. The van der Waals surface area contributed by atoms with Gasteiger partial charge in [-0.2, -0.15) is 0 Å². The van der Waals surface area contributed by atoms with Crippen LogP contribution in [0, 0.1) is 5.82 Å². The fourth-order valence-corrected chi connectivity index (χ4v) is 3.11. The van der Waals surface area contributed by atoms with Gasteiger partial charge < -0.3 is 5.32 Å². The molecule has 1 fully saturated rings. The highest BCUT2D eigenvalue weighted by atomic mass is 35.5. The molecule has 5 heteroatoms. The molecule has 0 spiro atoms. The number of nitrogens with zero attached hydrogens (tertiary/aromatic N) is 1. The van der Waals surface area contributed by atoms with Crippen LogP contribution in [0.1, 0.15) is 37.3 Å². The average Bonchev–Trinajstić information content (AvgIpc) is 2.52. The van der Waals surface area contributed by atoms with Crippen LogP contribution in [0.4, 0.5) is 4.39 Å². The number of piperazine rings is 1. The first-order valence-electron chi connectivity index (χ1n) is 7.73. The van der Waals surface area contributed by atoms with Crippen molar-refractivity contribution in [3.63, 3.8) is 0 Å². The zero-order valence-corrected chi connectivity index (χ0v) is 14.4. The summed E-state index contributed by atoms with van der Waals surface area (Å²) in [4.78, 5) is 2.37. The summed E-state index contributed by atoms with van der Waals surface area (Å²) in [6, 6.07) is 5.46. The Kier molecular flexibility index (Phi) is 9.03. The Balaban J connectivity index is 0.00000242. The van der Waals surface area contributed by atoms with E-state index in [9.17, 15) is 4.39 Å². The molecular formula is C17H25Cl2FN2. The number of allylic oxidation sites excluding steroid dienone is 1. The predicted octanol–water partition coefficient (Wildman–Crippen LogP) is 4.59. The van der Waals surface area contributed by atoms with Gasteiger partial charge in [-0.25, -0.2) is 4.39 Å². The largest absolute Gasteiger partial charge is 0.314 e. The van der Waals surface area contributed by atoms with Crippen LogP contribution in [0.2, 0.25) is 5.02 Å². The van der Waals surface area contributed by atoms with Gasteiger partial charge in [0.05, 0.1) is 5.02 Å². The molecule has 1 aromatic rings. The molecule has 0 amide bonds. The van der Waals surface area contributed by atoms with Crippen LogP contribution in [0.25, 0.3) is 0 Å². The van der Waals surface area contributed by atoms with Crippen molar-refractivity contribution in [1.82, 2.24) is 10.2 Å². The molecule has 0 radical (unpaired) electrons. The van der Waals surface area contributed by atoms with Crippen LogP contribution in [0.15, 0.2) is 30.9 Å². The Morgan fingerprint density at radius 2 is 2.05 bits per heavy atom. The standard InChI is InChI=1S/C17H24ClFN2.ClH/c1-2-3-4-5-9-16(21-12-10-20-11-13-21)14-7-6-8-15(18)17(14)19;/h2,6-8,16,20H,1,3-5,9-13H2;1H/t16-;/m1./s1. The van der Waals surface area contributed by atoms with Crippen LogP contribution in [0.5, 0.6) is 0 Å². The zero-order valence-electron chi connectivity index (χ0n) is 12.9. The predicted molar refractivity (Wildman–Crippen MR) is 94.5 cm³/mol. The molecule has 1 aromatic carbocycles. The first-order valence-corrected chi connectivity index (χ1v) is 8.11. The molecular weight excluding hydrogens is 322 g/mol. The number of unbranched alkanes of at least 4 members (excludes halogenated alkanes) is 2. The van der Waals surface area contributed by atoms with Gasteiger partial charge in [-0.1, -0.05) is 36.2 Å². The third-order valence-corrected chi connectivity index (χ3v) is 4.36.